The first kappa shape index (κ1) is 18.5. The number of rotatable bonds is 7. The SMILES string of the molecule is COc1cc(NCC(O)CO)cc(S(=O)(=O)c2ccc(Cl)cc2)c1. The number of anilines is 1. The quantitative estimate of drug-likeness (QED) is 0.688. The van der Waals surface area contributed by atoms with Crippen molar-refractivity contribution in [2.45, 2.75) is 15.9 Å². The largest absolute Gasteiger partial charge is 0.497 e. The molecule has 2 aromatic carbocycles. The van der Waals surface area contributed by atoms with Gasteiger partial charge in [0.1, 0.15) is 5.75 Å². The first-order chi connectivity index (χ1) is 11.4. The molecule has 0 amide bonds. The molecule has 0 saturated heterocycles. The Balaban J connectivity index is 2.39. The second-order valence-corrected chi connectivity index (χ2v) is 7.46. The van der Waals surface area contributed by atoms with E-state index in [1.165, 1.54) is 43.5 Å². The number of halogens is 1. The molecule has 6 nitrogen and oxygen atoms in total. The second kappa shape index (κ2) is 7.85. The highest BCUT2D eigenvalue weighted by Crippen LogP contribution is 2.29. The highest BCUT2D eigenvalue weighted by molar-refractivity contribution is 7.91. The first-order valence-corrected chi connectivity index (χ1v) is 8.95. The van der Waals surface area contributed by atoms with Gasteiger partial charge in [-0.3, -0.25) is 0 Å². The fourth-order valence-corrected chi connectivity index (χ4v) is 3.44. The van der Waals surface area contributed by atoms with Crippen molar-refractivity contribution in [3.63, 3.8) is 0 Å². The molecule has 24 heavy (non-hydrogen) atoms. The third-order valence-electron chi connectivity index (χ3n) is 3.30. The molecule has 1 atom stereocenters. The number of ether oxygens (including phenoxy) is 1. The summed E-state index contributed by atoms with van der Waals surface area (Å²) in [6.45, 7) is -0.322. The zero-order chi connectivity index (χ0) is 17.7. The Morgan fingerprint density at radius 2 is 1.83 bits per heavy atom. The highest BCUT2D eigenvalue weighted by atomic mass is 35.5. The lowest BCUT2D eigenvalue weighted by Gasteiger charge is -2.13. The number of sulfone groups is 1. The first-order valence-electron chi connectivity index (χ1n) is 7.09. The third-order valence-corrected chi connectivity index (χ3v) is 5.30. The Kier molecular flexibility index (Phi) is 6.06. The van der Waals surface area contributed by atoms with E-state index in [9.17, 15) is 13.5 Å². The average Bonchev–Trinajstić information content (AvgIpc) is 2.59. The Bertz CT molecular complexity index is 793. The van der Waals surface area contributed by atoms with E-state index in [0.29, 0.717) is 16.5 Å². The number of hydrogen-bond acceptors (Lipinski definition) is 6. The summed E-state index contributed by atoms with van der Waals surface area (Å²) in [4.78, 5) is 0.159. The molecular formula is C16H18ClNO5S. The molecule has 2 rings (SSSR count). The average molecular weight is 372 g/mol. The predicted molar refractivity (Wildman–Crippen MR) is 91.5 cm³/mol. The molecule has 0 radical (unpaired) electrons. The maximum atomic E-state index is 12.7. The summed E-state index contributed by atoms with van der Waals surface area (Å²) in [6.07, 6.45) is -0.951. The van der Waals surface area contributed by atoms with Crippen LogP contribution in [0.4, 0.5) is 5.69 Å². The standard InChI is InChI=1S/C16H18ClNO5S/c1-23-14-6-12(18-9-13(20)10-19)7-16(8-14)24(21,22)15-4-2-11(17)3-5-15/h2-8,13,18-20H,9-10H2,1H3. The van der Waals surface area contributed by atoms with Crippen molar-refractivity contribution in [1.82, 2.24) is 0 Å². The van der Waals surface area contributed by atoms with Gasteiger partial charge < -0.3 is 20.3 Å². The van der Waals surface area contributed by atoms with Gasteiger partial charge in [0, 0.05) is 23.3 Å². The van der Waals surface area contributed by atoms with Gasteiger partial charge in [0.05, 0.1) is 29.6 Å². The van der Waals surface area contributed by atoms with E-state index in [0.717, 1.165) is 0 Å². The smallest absolute Gasteiger partial charge is 0.206 e. The lowest BCUT2D eigenvalue weighted by atomic mass is 10.3. The summed E-state index contributed by atoms with van der Waals surface area (Å²) >= 11 is 5.80. The van der Waals surface area contributed by atoms with Gasteiger partial charge in [-0.1, -0.05) is 11.6 Å². The maximum Gasteiger partial charge on any atom is 0.206 e. The van der Waals surface area contributed by atoms with Crippen LogP contribution in [-0.4, -0.2) is 45.0 Å². The molecule has 0 spiro atoms. The van der Waals surface area contributed by atoms with E-state index < -0.39 is 22.5 Å². The minimum atomic E-state index is -3.75. The zero-order valence-corrected chi connectivity index (χ0v) is 14.5. The zero-order valence-electron chi connectivity index (χ0n) is 12.9. The van der Waals surface area contributed by atoms with Crippen LogP contribution in [0.15, 0.2) is 52.3 Å². The van der Waals surface area contributed by atoms with Crippen molar-refractivity contribution < 1.29 is 23.4 Å². The van der Waals surface area contributed by atoms with Crippen molar-refractivity contribution in [2.24, 2.45) is 0 Å². The van der Waals surface area contributed by atoms with E-state index in [4.69, 9.17) is 21.4 Å². The molecule has 130 valence electrons. The lowest BCUT2D eigenvalue weighted by molar-refractivity contribution is 0.105. The van der Waals surface area contributed by atoms with Crippen LogP contribution < -0.4 is 10.1 Å². The topological polar surface area (TPSA) is 95.9 Å². The van der Waals surface area contributed by atoms with Crippen LogP contribution in [0, 0.1) is 0 Å². The molecule has 1 unspecified atom stereocenters. The number of nitrogens with one attached hydrogen (secondary N) is 1. The van der Waals surface area contributed by atoms with E-state index in [1.807, 2.05) is 0 Å². The number of benzene rings is 2. The number of aliphatic hydroxyl groups excluding tert-OH is 2. The van der Waals surface area contributed by atoms with Gasteiger partial charge in [0.2, 0.25) is 9.84 Å². The van der Waals surface area contributed by atoms with E-state index in [2.05, 4.69) is 5.32 Å². The van der Waals surface area contributed by atoms with E-state index in [1.54, 1.807) is 6.07 Å². The molecule has 0 aliphatic rings. The van der Waals surface area contributed by atoms with Crippen molar-refractivity contribution in [2.75, 3.05) is 25.6 Å². The molecule has 0 saturated carbocycles. The molecule has 2 aromatic rings. The van der Waals surface area contributed by atoms with Crippen LogP contribution in [0.2, 0.25) is 5.02 Å². The minimum Gasteiger partial charge on any atom is -0.497 e. The normalized spacial score (nSPS) is 12.7. The number of aliphatic hydroxyl groups is 2. The van der Waals surface area contributed by atoms with E-state index >= 15 is 0 Å². The highest BCUT2D eigenvalue weighted by Gasteiger charge is 2.19. The molecule has 0 heterocycles. The fraction of sp³-hybridized carbons (Fsp3) is 0.250. The van der Waals surface area contributed by atoms with E-state index in [-0.39, 0.29) is 16.3 Å². The molecular weight excluding hydrogens is 354 g/mol. The Morgan fingerprint density at radius 1 is 1.17 bits per heavy atom. The van der Waals surface area contributed by atoms with Crippen molar-refractivity contribution in [3.05, 3.63) is 47.5 Å². The van der Waals surface area contributed by atoms with Crippen molar-refractivity contribution in [3.8, 4) is 5.75 Å². The van der Waals surface area contributed by atoms with Gasteiger partial charge in [-0.2, -0.15) is 0 Å². The van der Waals surface area contributed by atoms with Crippen LogP contribution in [0.5, 0.6) is 5.75 Å². The molecule has 0 aromatic heterocycles. The summed E-state index contributed by atoms with van der Waals surface area (Å²) in [5, 5.41) is 21.6. The van der Waals surface area contributed by atoms with Gasteiger partial charge in [-0.15, -0.1) is 0 Å². The Hall–Kier alpha value is -1.80. The third kappa shape index (κ3) is 4.39. The van der Waals surface area contributed by atoms with Gasteiger partial charge in [0.25, 0.3) is 0 Å². The predicted octanol–water partition coefficient (Wildman–Crippen LogP) is 1.95. The molecule has 0 aliphatic carbocycles. The minimum absolute atomic E-state index is 0.0464. The number of methoxy groups -OCH3 is 1. The maximum absolute atomic E-state index is 12.7. The van der Waals surface area contributed by atoms with Gasteiger partial charge in [-0.25, -0.2) is 8.42 Å². The molecule has 3 N–H and O–H groups in total. The number of hydrogen-bond donors (Lipinski definition) is 3. The molecule has 0 fully saturated rings. The molecule has 0 aliphatic heterocycles. The summed E-state index contributed by atoms with van der Waals surface area (Å²) in [5.41, 5.74) is 0.453. The van der Waals surface area contributed by atoms with Crippen LogP contribution in [0.25, 0.3) is 0 Å². The Labute approximate surface area is 145 Å². The van der Waals surface area contributed by atoms with Crippen molar-refractivity contribution in [1.29, 1.82) is 0 Å². The Morgan fingerprint density at radius 3 is 2.42 bits per heavy atom. The van der Waals surface area contributed by atoms with Crippen LogP contribution in [0.3, 0.4) is 0 Å². The van der Waals surface area contributed by atoms with Crippen molar-refractivity contribution >= 4 is 27.1 Å². The summed E-state index contributed by atoms with van der Waals surface area (Å²) in [5.74, 6) is 0.353. The van der Waals surface area contributed by atoms with Crippen LogP contribution in [-0.2, 0) is 9.84 Å². The lowest BCUT2D eigenvalue weighted by Crippen LogP contribution is -2.23. The summed E-state index contributed by atoms with van der Waals surface area (Å²) in [7, 11) is -2.31. The second-order valence-electron chi connectivity index (χ2n) is 5.07. The van der Waals surface area contributed by atoms with Gasteiger partial charge in [-0.05, 0) is 36.4 Å². The van der Waals surface area contributed by atoms with Crippen LogP contribution >= 0.6 is 11.6 Å². The summed E-state index contributed by atoms with van der Waals surface area (Å²) < 4.78 is 30.6. The fourth-order valence-electron chi connectivity index (χ4n) is 2.00. The van der Waals surface area contributed by atoms with Gasteiger partial charge >= 0.3 is 0 Å². The molecule has 0 bridgehead atoms. The van der Waals surface area contributed by atoms with Gasteiger partial charge in [0.15, 0.2) is 0 Å². The molecule has 8 heteroatoms. The summed E-state index contributed by atoms with van der Waals surface area (Å²) in [6, 6.07) is 10.3. The monoisotopic (exact) mass is 371 g/mol. The van der Waals surface area contributed by atoms with Crippen LogP contribution in [0.1, 0.15) is 0 Å².